The summed E-state index contributed by atoms with van der Waals surface area (Å²) in [4.78, 5) is 12.2. The molecule has 0 bridgehead atoms. The molecule has 0 radical (unpaired) electrons. The summed E-state index contributed by atoms with van der Waals surface area (Å²) in [5.41, 5.74) is 2.01. The van der Waals surface area contributed by atoms with E-state index in [9.17, 15) is 4.79 Å². The molecule has 2 aromatic carbocycles. The minimum Gasteiger partial charge on any atom is -0.478 e. The molecule has 0 saturated heterocycles. The summed E-state index contributed by atoms with van der Waals surface area (Å²) in [7, 11) is 0. The maximum absolute atomic E-state index is 12.2. The third-order valence-electron chi connectivity index (χ3n) is 3.22. The predicted molar refractivity (Wildman–Crippen MR) is 90.1 cm³/mol. The highest BCUT2D eigenvalue weighted by atomic mass is 79.9. The van der Waals surface area contributed by atoms with Gasteiger partial charge >= 0.3 is 5.97 Å². The van der Waals surface area contributed by atoms with Gasteiger partial charge in [0.1, 0.15) is 5.75 Å². The summed E-state index contributed by atoms with van der Waals surface area (Å²) >= 11 is 3.42. The average molecular weight is 363 g/mol. The number of hydrogen-bond donors (Lipinski definition) is 0. The lowest BCUT2D eigenvalue weighted by Crippen LogP contribution is -2.31. The Labute approximate surface area is 139 Å². The third kappa shape index (κ3) is 4.60. The van der Waals surface area contributed by atoms with Gasteiger partial charge in [-0.25, -0.2) is 4.79 Å². The van der Waals surface area contributed by atoms with Crippen molar-refractivity contribution in [2.75, 3.05) is 6.61 Å². The Balaban J connectivity index is 2.18. The largest absolute Gasteiger partial charge is 0.478 e. The molecule has 0 aliphatic carbocycles. The molecule has 0 heterocycles. The van der Waals surface area contributed by atoms with Crippen molar-refractivity contribution in [3.05, 3.63) is 64.1 Å². The molecule has 0 fully saturated rings. The SMILES string of the molecule is CCOC(=O)[C@H](Cc1ccccc1)Oc1ccc(Br)cc1C. The number of rotatable bonds is 6. The van der Waals surface area contributed by atoms with Crippen LogP contribution in [0.15, 0.2) is 53.0 Å². The summed E-state index contributed by atoms with van der Waals surface area (Å²) in [5, 5.41) is 0. The van der Waals surface area contributed by atoms with E-state index in [1.54, 1.807) is 6.92 Å². The first kappa shape index (κ1) is 16.6. The molecule has 0 saturated carbocycles. The number of ether oxygens (including phenoxy) is 2. The number of esters is 1. The van der Waals surface area contributed by atoms with Gasteiger partial charge in [-0.2, -0.15) is 0 Å². The van der Waals surface area contributed by atoms with Gasteiger partial charge in [0.15, 0.2) is 6.10 Å². The standard InChI is InChI=1S/C18H19BrO3/c1-3-21-18(20)17(12-14-7-5-4-6-8-14)22-16-10-9-15(19)11-13(16)2/h4-11,17H,3,12H2,1-2H3/t17-/m0/s1. The highest BCUT2D eigenvalue weighted by Crippen LogP contribution is 2.24. The maximum atomic E-state index is 12.2. The van der Waals surface area contributed by atoms with Crippen molar-refractivity contribution >= 4 is 21.9 Å². The molecule has 0 amide bonds. The lowest BCUT2D eigenvalue weighted by atomic mass is 10.1. The summed E-state index contributed by atoms with van der Waals surface area (Å²) < 4.78 is 12.0. The van der Waals surface area contributed by atoms with Gasteiger partial charge < -0.3 is 9.47 Å². The fourth-order valence-corrected chi connectivity index (χ4v) is 2.61. The zero-order chi connectivity index (χ0) is 15.9. The van der Waals surface area contributed by atoms with Crippen molar-refractivity contribution in [1.82, 2.24) is 0 Å². The van der Waals surface area contributed by atoms with E-state index in [2.05, 4.69) is 15.9 Å². The van der Waals surface area contributed by atoms with Gasteiger partial charge in [0, 0.05) is 10.9 Å². The Morgan fingerprint density at radius 1 is 1.18 bits per heavy atom. The van der Waals surface area contributed by atoms with E-state index < -0.39 is 6.10 Å². The summed E-state index contributed by atoms with van der Waals surface area (Å²) in [5.74, 6) is 0.353. The number of hydrogen-bond acceptors (Lipinski definition) is 3. The second-order valence-corrected chi connectivity index (χ2v) is 5.87. The zero-order valence-corrected chi connectivity index (χ0v) is 14.3. The normalized spacial score (nSPS) is 11.8. The van der Waals surface area contributed by atoms with Crippen molar-refractivity contribution < 1.29 is 14.3 Å². The van der Waals surface area contributed by atoms with E-state index in [0.29, 0.717) is 18.8 Å². The van der Waals surface area contributed by atoms with Crippen LogP contribution < -0.4 is 4.74 Å². The molecule has 4 heteroatoms. The third-order valence-corrected chi connectivity index (χ3v) is 3.71. The molecule has 2 aromatic rings. The van der Waals surface area contributed by atoms with Crippen molar-refractivity contribution in [2.24, 2.45) is 0 Å². The number of aryl methyl sites for hydroxylation is 1. The molecular formula is C18H19BrO3. The molecule has 0 unspecified atom stereocenters. The van der Waals surface area contributed by atoms with Gasteiger partial charge in [0.05, 0.1) is 6.61 Å². The summed E-state index contributed by atoms with van der Waals surface area (Å²) in [6, 6.07) is 15.5. The van der Waals surface area contributed by atoms with E-state index in [-0.39, 0.29) is 5.97 Å². The highest BCUT2D eigenvalue weighted by Gasteiger charge is 2.23. The zero-order valence-electron chi connectivity index (χ0n) is 12.7. The Morgan fingerprint density at radius 2 is 1.91 bits per heavy atom. The lowest BCUT2D eigenvalue weighted by Gasteiger charge is -2.19. The number of carbonyl (C=O) groups is 1. The van der Waals surface area contributed by atoms with E-state index in [1.807, 2.05) is 55.5 Å². The number of carbonyl (C=O) groups excluding carboxylic acids is 1. The number of benzene rings is 2. The lowest BCUT2D eigenvalue weighted by molar-refractivity contribution is -0.151. The molecule has 1 atom stereocenters. The van der Waals surface area contributed by atoms with Crippen molar-refractivity contribution in [1.29, 1.82) is 0 Å². The minimum absolute atomic E-state index is 0.339. The molecule has 0 aromatic heterocycles. The second kappa shape index (κ2) is 7.99. The highest BCUT2D eigenvalue weighted by molar-refractivity contribution is 9.10. The van der Waals surface area contributed by atoms with E-state index in [0.717, 1.165) is 15.6 Å². The quantitative estimate of drug-likeness (QED) is 0.718. The van der Waals surface area contributed by atoms with E-state index in [1.165, 1.54) is 0 Å². The van der Waals surface area contributed by atoms with Crippen LogP contribution >= 0.6 is 15.9 Å². The minimum atomic E-state index is -0.651. The van der Waals surface area contributed by atoms with Crippen molar-refractivity contribution in [2.45, 2.75) is 26.4 Å². The fourth-order valence-electron chi connectivity index (χ4n) is 2.13. The van der Waals surface area contributed by atoms with Crippen LogP contribution in [0.2, 0.25) is 0 Å². The van der Waals surface area contributed by atoms with Crippen LogP contribution in [0.5, 0.6) is 5.75 Å². The number of halogens is 1. The predicted octanol–water partition coefficient (Wildman–Crippen LogP) is 4.31. The van der Waals surface area contributed by atoms with Gasteiger partial charge in [-0.15, -0.1) is 0 Å². The molecule has 22 heavy (non-hydrogen) atoms. The van der Waals surface area contributed by atoms with Gasteiger partial charge in [0.2, 0.25) is 0 Å². The van der Waals surface area contributed by atoms with Crippen molar-refractivity contribution in [3.8, 4) is 5.75 Å². The van der Waals surface area contributed by atoms with Gasteiger partial charge in [0.25, 0.3) is 0 Å². The summed E-state index contributed by atoms with van der Waals surface area (Å²) in [6.07, 6.45) is -0.169. The Morgan fingerprint density at radius 3 is 2.55 bits per heavy atom. The van der Waals surface area contributed by atoms with Crippen molar-refractivity contribution in [3.63, 3.8) is 0 Å². The molecule has 2 rings (SSSR count). The van der Waals surface area contributed by atoms with E-state index >= 15 is 0 Å². The van der Waals surface area contributed by atoms with Crippen LogP contribution in [0, 0.1) is 6.92 Å². The van der Waals surface area contributed by atoms with Crippen LogP contribution in [0.3, 0.4) is 0 Å². The first-order valence-electron chi connectivity index (χ1n) is 7.23. The molecule has 0 N–H and O–H groups in total. The molecule has 0 aliphatic heterocycles. The second-order valence-electron chi connectivity index (χ2n) is 4.96. The van der Waals surface area contributed by atoms with Crippen LogP contribution in [0.4, 0.5) is 0 Å². The van der Waals surface area contributed by atoms with Crippen LogP contribution in [0.25, 0.3) is 0 Å². The van der Waals surface area contributed by atoms with Crippen LogP contribution in [0.1, 0.15) is 18.1 Å². The van der Waals surface area contributed by atoms with Crippen LogP contribution in [-0.4, -0.2) is 18.7 Å². The van der Waals surface area contributed by atoms with Gasteiger partial charge in [-0.1, -0.05) is 46.3 Å². The first-order valence-corrected chi connectivity index (χ1v) is 8.03. The van der Waals surface area contributed by atoms with Gasteiger partial charge in [-0.3, -0.25) is 0 Å². The summed E-state index contributed by atoms with van der Waals surface area (Å²) in [6.45, 7) is 4.08. The monoisotopic (exact) mass is 362 g/mol. The Kier molecular flexibility index (Phi) is 6.01. The maximum Gasteiger partial charge on any atom is 0.347 e. The topological polar surface area (TPSA) is 35.5 Å². The molecule has 0 aliphatic rings. The smallest absolute Gasteiger partial charge is 0.347 e. The molecule has 3 nitrogen and oxygen atoms in total. The molecule has 0 spiro atoms. The van der Waals surface area contributed by atoms with Crippen LogP contribution in [-0.2, 0) is 16.0 Å². The van der Waals surface area contributed by atoms with Gasteiger partial charge in [-0.05, 0) is 43.2 Å². The molecular weight excluding hydrogens is 344 g/mol. The average Bonchev–Trinajstić information content (AvgIpc) is 2.50. The Hall–Kier alpha value is -1.81. The fraction of sp³-hybridized carbons (Fsp3) is 0.278. The first-order chi connectivity index (χ1) is 10.6. The van der Waals surface area contributed by atoms with E-state index in [4.69, 9.17) is 9.47 Å². The Bertz CT molecular complexity index is 625. The molecule has 116 valence electrons.